The molecule has 1 saturated heterocycles. The molecule has 148 valence electrons. The summed E-state index contributed by atoms with van der Waals surface area (Å²) in [6.45, 7) is 2.75. The lowest BCUT2D eigenvalue weighted by atomic mass is 9.97. The number of carbonyl (C=O) groups excluding carboxylic acids is 3. The van der Waals surface area contributed by atoms with Crippen LogP contribution in [0.15, 0.2) is 24.3 Å². The number of primary amides is 1. The number of amides is 4. The fraction of sp³-hybridized carbons (Fsp3) is 0.526. The lowest BCUT2D eigenvalue weighted by Gasteiger charge is -2.31. The molecule has 0 bridgehead atoms. The van der Waals surface area contributed by atoms with Gasteiger partial charge in [0, 0.05) is 38.8 Å². The summed E-state index contributed by atoms with van der Waals surface area (Å²) in [6, 6.07) is 7.18. The highest BCUT2D eigenvalue weighted by Gasteiger charge is 2.23. The van der Waals surface area contributed by atoms with Gasteiger partial charge < -0.3 is 26.6 Å². The Hall–Kier alpha value is -2.61. The predicted octanol–water partition coefficient (Wildman–Crippen LogP) is 0.684. The largest absolute Gasteiger partial charge is 0.369 e. The van der Waals surface area contributed by atoms with E-state index in [4.69, 9.17) is 5.73 Å². The smallest absolute Gasteiger partial charge is 0.319 e. The number of urea groups is 1. The first-order chi connectivity index (χ1) is 13.0. The number of carbonyl (C=O) groups is 3. The van der Waals surface area contributed by atoms with Crippen LogP contribution in [0.3, 0.4) is 0 Å². The zero-order valence-corrected chi connectivity index (χ0v) is 15.8. The molecule has 5 N–H and O–H groups in total. The number of anilines is 1. The van der Waals surface area contributed by atoms with Crippen LogP contribution in [0, 0.1) is 5.92 Å². The summed E-state index contributed by atoms with van der Waals surface area (Å²) in [4.78, 5) is 36.9. The maximum Gasteiger partial charge on any atom is 0.319 e. The molecule has 0 unspecified atom stereocenters. The van der Waals surface area contributed by atoms with Crippen LogP contribution in [0.2, 0.25) is 0 Å². The Morgan fingerprint density at radius 2 is 2.11 bits per heavy atom. The van der Waals surface area contributed by atoms with Gasteiger partial charge in [0.2, 0.25) is 11.8 Å². The number of aryl methyl sites for hydroxylation is 1. The lowest BCUT2D eigenvalue weighted by molar-refractivity contribution is -0.123. The van der Waals surface area contributed by atoms with Crippen LogP contribution in [-0.4, -0.2) is 56.0 Å². The van der Waals surface area contributed by atoms with E-state index in [1.807, 2.05) is 24.3 Å². The number of rotatable bonds is 8. The number of piperidine rings is 1. The SMILES string of the molecule is CNC(=O)CCc1cccc(NC(=O)NCCN2CCC[C@H](C(N)=O)C2)c1. The molecule has 0 saturated carbocycles. The van der Waals surface area contributed by atoms with Gasteiger partial charge in [-0.3, -0.25) is 9.59 Å². The van der Waals surface area contributed by atoms with Gasteiger partial charge in [-0.2, -0.15) is 0 Å². The molecule has 1 heterocycles. The topological polar surface area (TPSA) is 117 Å². The van der Waals surface area contributed by atoms with Gasteiger partial charge in [0.15, 0.2) is 0 Å². The van der Waals surface area contributed by atoms with Crippen molar-refractivity contribution in [1.29, 1.82) is 0 Å². The van der Waals surface area contributed by atoms with Gasteiger partial charge in [0.1, 0.15) is 0 Å². The summed E-state index contributed by atoms with van der Waals surface area (Å²) >= 11 is 0. The van der Waals surface area contributed by atoms with E-state index in [-0.39, 0.29) is 23.8 Å². The van der Waals surface area contributed by atoms with E-state index >= 15 is 0 Å². The molecule has 8 nitrogen and oxygen atoms in total. The van der Waals surface area contributed by atoms with E-state index < -0.39 is 0 Å². The summed E-state index contributed by atoms with van der Waals surface area (Å²) in [7, 11) is 1.61. The van der Waals surface area contributed by atoms with Crippen molar-refractivity contribution in [2.45, 2.75) is 25.7 Å². The maximum absolute atomic E-state index is 12.1. The number of nitrogens with two attached hydrogens (primary N) is 1. The first-order valence-electron chi connectivity index (χ1n) is 9.34. The molecular formula is C19H29N5O3. The minimum atomic E-state index is -0.276. The van der Waals surface area contributed by atoms with Crippen molar-refractivity contribution in [1.82, 2.24) is 15.5 Å². The summed E-state index contributed by atoms with van der Waals surface area (Å²) in [5, 5.41) is 8.23. The van der Waals surface area contributed by atoms with E-state index in [0.29, 0.717) is 38.2 Å². The average Bonchev–Trinajstić information content (AvgIpc) is 2.66. The van der Waals surface area contributed by atoms with E-state index in [9.17, 15) is 14.4 Å². The first kappa shape index (κ1) is 20.7. The van der Waals surface area contributed by atoms with Gasteiger partial charge in [-0.1, -0.05) is 12.1 Å². The second-order valence-electron chi connectivity index (χ2n) is 6.80. The normalized spacial score (nSPS) is 17.1. The molecule has 0 radical (unpaired) electrons. The van der Waals surface area contributed by atoms with Crippen molar-refractivity contribution in [2.24, 2.45) is 11.7 Å². The van der Waals surface area contributed by atoms with Crippen LogP contribution in [0.25, 0.3) is 0 Å². The van der Waals surface area contributed by atoms with E-state index in [2.05, 4.69) is 20.9 Å². The van der Waals surface area contributed by atoms with Crippen molar-refractivity contribution < 1.29 is 14.4 Å². The van der Waals surface area contributed by atoms with Crippen LogP contribution in [0.1, 0.15) is 24.8 Å². The highest BCUT2D eigenvalue weighted by molar-refractivity contribution is 5.89. The number of nitrogens with zero attached hydrogens (tertiary/aromatic N) is 1. The molecular weight excluding hydrogens is 346 g/mol. The Labute approximate surface area is 159 Å². The fourth-order valence-corrected chi connectivity index (χ4v) is 3.18. The number of hydrogen-bond acceptors (Lipinski definition) is 4. The molecule has 1 aliphatic rings. The molecule has 1 fully saturated rings. The molecule has 1 aromatic rings. The van der Waals surface area contributed by atoms with Gasteiger partial charge >= 0.3 is 6.03 Å². The van der Waals surface area contributed by atoms with Gasteiger partial charge in [-0.15, -0.1) is 0 Å². The van der Waals surface area contributed by atoms with Gasteiger partial charge in [-0.25, -0.2) is 4.79 Å². The molecule has 8 heteroatoms. The second kappa shape index (κ2) is 10.5. The quantitative estimate of drug-likeness (QED) is 0.535. The maximum atomic E-state index is 12.1. The molecule has 4 amide bonds. The molecule has 0 aliphatic carbocycles. The average molecular weight is 375 g/mol. The summed E-state index contributed by atoms with van der Waals surface area (Å²) in [6.07, 6.45) is 2.82. The molecule has 27 heavy (non-hydrogen) atoms. The molecule has 0 aromatic heterocycles. The van der Waals surface area contributed by atoms with E-state index in [0.717, 1.165) is 24.9 Å². The van der Waals surface area contributed by atoms with Crippen molar-refractivity contribution in [2.75, 3.05) is 38.5 Å². The van der Waals surface area contributed by atoms with Crippen LogP contribution in [-0.2, 0) is 16.0 Å². The van der Waals surface area contributed by atoms with Crippen LogP contribution < -0.4 is 21.7 Å². The van der Waals surface area contributed by atoms with Gasteiger partial charge in [-0.05, 0) is 43.5 Å². The van der Waals surface area contributed by atoms with Gasteiger partial charge in [0.05, 0.1) is 5.92 Å². The predicted molar refractivity (Wildman–Crippen MR) is 104 cm³/mol. The molecule has 1 aromatic carbocycles. The lowest BCUT2D eigenvalue weighted by Crippen LogP contribution is -2.44. The van der Waals surface area contributed by atoms with Crippen molar-refractivity contribution in [3.63, 3.8) is 0 Å². The molecule has 2 rings (SSSR count). The molecule has 0 spiro atoms. The Morgan fingerprint density at radius 3 is 2.85 bits per heavy atom. The molecule has 1 aliphatic heterocycles. The Kier molecular flexibility index (Phi) is 8.06. The number of hydrogen-bond donors (Lipinski definition) is 4. The Bertz CT molecular complexity index is 665. The third-order valence-electron chi connectivity index (χ3n) is 4.73. The van der Waals surface area contributed by atoms with Crippen molar-refractivity contribution in [3.8, 4) is 0 Å². The monoisotopic (exact) mass is 375 g/mol. The van der Waals surface area contributed by atoms with E-state index in [1.165, 1.54) is 0 Å². The van der Waals surface area contributed by atoms with Crippen LogP contribution in [0.5, 0.6) is 0 Å². The van der Waals surface area contributed by atoms with Crippen molar-refractivity contribution in [3.05, 3.63) is 29.8 Å². The summed E-state index contributed by atoms with van der Waals surface area (Å²) < 4.78 is 0. The summed E-state index contributed by atoms with van der Waals surface area (Å²) in [5.41, 5.74) is 7.06. The van der Waals surface area contributed by atoms with Gasteiger partial charge in [0.25, 0.3) is 0 Å². The van der Waals surface area contributed by atoms with Crippen molar-refractivity contribution >= 4 is 23.5 Å². The number of benzene rings is 1. The Balaban J connectivity index is 1.72. The third-order valence-corrected chi connectivity index (χ3v) is 4.73. The number of likely N-dealkylation sites (tertiary alicyclic amines) is 1. The minimum absolute atomic E-state index is 0.0117. The Morgan fingerprint density at radius 1 is 1.30 bits per heavy atom. The standard InChI is InChI=1S/C19H29N5O3/c1-21-17(25)8-7-14-4-2-6-16(12-14)23-19(27)22-9-11-24-10-3-5-15(13-24)18(20)26/h2,4,6,12,15H,3,5,7-11,13H2,1H3,(H2,20,26)(H,21,25)(H2,22,23,27)/t15-/m0/s1. The van der Waals surface area contributed by atoms with Crippen LogP contribution in [0.4, 0.5) is 10.5 Å². The first-order valence-corrected chi connectivity index (χ1v) is 9.34. The minimum Gasteiger partial charge on any atom is -0.369 e. The fourth-order valence-electron chi connectivity index (χ4n) is 3.18. The zero-order valence-electron chi connectivity index (χ0n) is 15.8. The highest BCUT2D eigenvalue weighted by atomic mass is 16.2. The highest BCUT2D eigenvalue weighted by Crippen LogP contribution is 2.15. The van der Waals surface area contributed by atoms with E-state index in [1.54, 1.807) is 7.05 Å². The zero-order chi connectivity index (χ0) is 19.6. The second-order valence-corrected chi connectivity index (χ2v) is 6.80. The molecule has 1 atom stereocenters. The number of nitrogens with one attached hydrogen (secondary N) is 3. The van der Waals surface area contributed by atoms with Crippen LogP contribution >= 0.6 is 0 Å². The summed E-state index contributed by atoms with van der Waals surface area (Å²) in [5.74, 6) is -0.353. The third kappa shape index (κ3) is 7.26.